The van der Waals surface area contributed by atoms with Crippen molar-refractivity contribution in [2.45, 2.75) is 32.9 Å². The summed E-state index contributed by atoms with van der Waals surface area (Å²) >= 11 is 3.60. The number of benzene rings is 1. The number of nitrogens with two attached hydrogens (primary N) is 1. The van der Waals surface area contributed by atoms with E-state index in [0.29, 0.717) is 0 Å². The summed E-state index contributed by atoms with van der Waals surface area (Å²) in [7, 11) is 0. The fourth-order valence-corrected chi connectivity index (χ4v) is 2.54. The van der Waals surface area contributed by atoms with Crippen molar-refractivity contribution in [3.8, 4) is 0 Å². The second-order valence-corrected chi connectivity index (χ2v) is 5.18. The largest absolute Gasteiger partial charge is 0.324 e. The molecule has 1 aromatic heterocycles. The van der Waals surface area contributed by atoms with E-state index < -0.39 is 0 Å². The molecule has 2 N–H and O–H groups in total. The second-order valence-electron chi connectivity index (χ2n) is 4.38. The molecule has 0 saturated carbocycles. The van der Waals surface area contributed by atoms with Crippen molar-refractivity contribution in [3.63, 3.8) is 0 Å². The van der Waals surface area contributed by atoms with Gasteiger partial charge in [-0.3, -0.25) is 4.68 Å². The molecule has 1 unspecified atom stereocenters. The molecular formula is C14H18BrN3. The molecule has 0 aliphatic carbocycles. The highest BCUT2D eigenvalue weighted by atomic mass is 79.9. The van der Waals surface area contributed by atoms with E-state index in [4.69, 9.17) is 5.73 Å². The summed E-state index contributed by atoms with van der Waals surface area (Å²) in [5, 5.41) is 4.49. The molecule has 0 fully saturated rings. The van der Waals surface area contributed by atoms with E-state index in [0.717, 1.165) is 28.7 Å². The number of hydrogen-bond acceptors (Lipinski definition) is 2. The van der Waals surface area contributed by atoms with Gasteiger partial charge in [0.05, 0.1) is 15.9 Å². The minimum atomic E-state index is 0.00361. The monoisotopic (exact) mass is 307 g/mol. The molecule has 0 amide bonds. The molecule has 0 aliphatic rings. The van der Waals surface area contributed by atoms with Crippen LogP contribution in [-0.2, 0) is 13.0 Å². The first kappa shape index (κ1) is 13.3. The highest BCUT2D eigenvalue weighted by Crippen LogP contribution is 2.25. The highest BCUT2D eigenvalue weighted by Gasteiger charge is 2.16. The lowest BCUT2D eigenvalue weighted by Gasteiger charge is -2.13. The Bertz CT molecular complexity index is 519. The molecular weight excluding hydrogens is 290 g/mol. The highest BCUT2D eigenvalue weighted by molar-refractivity contribution is 9.10. The molecule has 2 rings (SSSR count). The number of aromatic nitrogens is 2. The minimum absolute atomic E-state index is 0.00361. The normalized spacial score (nSPS) is 12.7. The third kappa shape index (κ3) is 2.65. The maximum Gasteiger partial charge on any atom is 0.0738 e. The Labute approximate surface area is 116 Å². The Hall–Kier alpha value is -1.13. The molecule has 18 heavy (non-hydrogen) atoms. The number of halogens is 1. The van der Waals surface area contributed by atoms with Gasteiger partial charge in [0.25, 0.3) is 0 Å². The topological polar surface area (TPSA) is 43.8 Å². The fourth-order valence-electron chi connectivity index (χ4n) is 2.09. The lowest BCUT2D eigenvalue weighted by atomic mass is 10.0. The molecule has 1 aromatic carbocycles. The van der Waals surface area contributed by atoms with Crippen molar-refractivity contribution in [1.29, 1.82) is 0 Å². The van der Waals surface area contributed by atoms with Gasteiger partial charge in [-0.2, -0.15) is 5.10 Å². The van der Waals surface area contributed by atoms with Crippen LogP contribution < -0.4 is 5.73 Å². The first-order valence-electron chi connectivity index (χ1n) is 6.15. The average molecular weight is 308 g/mol. The van der Waals surface area contributed by atoms with Gasteiger partial charge in [0.15, 0.2) is 0 Å². The first-order chi connectivity index (χ1) is 8.63. The molecule has 1 heterocycles. The van der Waals surface area contributed by atoms with Gasteiger partial charge >= 0.3 is 0 Å². The number of hydrogen-bond donors (Lipinski definition) is 1. The van der Waals surface area contributed by atoms with Gasteiger partial charge in [-0.1, -0.05) is 30.3 Å². The average Bonchev–Trinajstić information content (AvgIpc) is 2.67. The van der Waals surface area contributed by atoms with Crippen LogP contribution >= 0.6 is 15.9 Å². The van der Waals surface area contributed by atoms with E-state index in [-0.39, 0.29) is 6.04 Å². The van der Waals surface area contributed by atoms with Crippen LogP contribution in [0.1, 0.15) is 29.9 Å². The molecule has 3 nitrogen and oxygen atoms in total. The van der Waals surface area contributed by atoms with E-state index in [1.165, 1.54) is 5.69 Å². The maximum absolute atomic E-state index is 6.27. The summed E-state index contributed by atoms with van der Waals surface area (Å²) in [5.74, 6) is 0. The van der Waals surface area contributed by atoms with Crippen LogP contribution in [0.15, 0.2) is 34.8 Å². The summed E-state index contributed by atoms with van der Waals surface area (Å²) < 4.78 is 3.10. The van der Waals surface area contributed by atoms with Crippen LogP contribution in [-0.4, -0.2) is 9.78 Å². The van der Waals surface area contributed by atoms with Gasteiger partial charge < -0.3 is 5.73 Å². The molecule has 0 bridgehead atoms. The summed E-state index contributed by atoms with van der Waals surface area (Å²) in [6, 6.07) is 10.2. The lowest BCUT2D eigenvalue weighted by Crippen LogP contribution is -2.16. The second kappa shape index (κ2) is 5.67. The Morgan fingerprint density at radius 2 is 2.00 bits per heavy atom. The Kier molecular flexibility index (Phi) is 4.19. The SMILES string of the molecule is CCn1nc(C)c(Br)c1CC(N)c1ccccc1. The van der Waals surface area contributed by atoms with E-state index in [2.05, 4.69) is 40.1 Å². The zero-order valence-electron chi connectivity index (χ0n) is 10.7. The summed E-state index contributed by atoms with van der Waals surface area (Å²) in [5.41, 5.74) is 9.62. The van der Waals surface area contributed by atoms with Crippen LogP contribution in [0.4, 0.5) is 0 Å². The van der Waals surface area contributed by atoms with Gasteiger partial charge in [0.1, 0.15) is 0 Å². The van der Waals surface area contributed by atoms with Crippen molar-refractivity contribution in [2.75, 3.05) is 0 Å². The molecule has 0 radical (unpaired) electrons. The van der Waals surface area contributed by atoms with Gasteiger partial charge in [0, 0.05) is 19.0 Å². The Morgan fingerprint density at radius 1 is 1.33 bits per heavy atom. The van der Waals surface area contributed by atoms with Gasteiger partial charge in [-0.15, -0.1) is 0 Å². The van der Waals surface area contributed by atoms with E-state index >= 15 is 0 Å². The van der Waals surface area contributed by atoms with Crippen molar-refractivity contribution in [2.24, 2.45) is 5.73 Å². The zero-order chi connectivity index (χ0) is 13.1. The van der Waals surface area contributed by atoms with Crippen molar-refractivity contribution in [1.82, 2.24) is 9.78 Å². The van der Waals surface area contributed by atoms with Crippen LogP contribution in [0.3, 0.4) is 0 Å². The zero-order valence-corrected chi connectivity index (χ0v) is 12.3. The summed E-state index contributed by atoms with van der Waals surface area (Å²) in [6.45, 7) is 4.97. The lowest BCUT2D eigenvalue weighted by molar-refractivity contribution is 0.586. The van der Waals surface area contributed by atoms with E-state index in [1.807, 2.05) is 29.8 Å². The predicted octanol–water partition coefficient (Wildman–Crippen LogP) is 3.22. The van der Waals surface area contributed by atoms with Gasteiger partial charge in [0.2, 0.25) is 0 Å². The van der Waals surface area contributed by atoms with Crippen molar-refractivity contribution < 1.29 is 0 Å². The maximum atomic E-state index is 6.27. The summed E-state index contributed by atoms with van der Waals surface area (Å²) in [6.07, 6.45) is 0.791. The molecule has 1 atom stereocenters. The number of rotatable bonds is 4. The number of nitrogens with zero attached hydrogens (tertiary/aromatic N) is 2. The van der Waals surface area contributed by atoms with Crippen molar-refractivity contribution >= 4 is 15.9 Å². The number of aryl methyl sites for hydroxylation is 2. The van der Waals surface area contributed by atoms with Crippen LogP contribution in [0.2, 0.25) is 0 Å². The third-order valence-electron chi connectivity index (χ3n) is 3.09. The fraction of sp³-hybridized carbons (Fsp3) is 0.357. The quantitative estimate of drug-likeness (QED) is 0.942. The smallest absolute Gasteiger partial charge is 0.0738 e. The first-order valence-corrected chi connectivity index (χ1v) is 6.95. The molecule has 96 valence electrons. The Balaban J connectivity index is 2.24. The Morgan fingerprint density at radius 3 is 2.61 bits per heavy atom. The van der Waals surface area contributed by atoms with Gasteiger partial charge in [-0.25, -0.2) is 0 Å². The van der Waals surface area contributed by atoms with Crippen LogP contribution in [0, 0.1) is 6.92 Å². The molecule has 0 spiro atoms. The van der Waals surface area contributed by atoms with Gasteiger partial charge in [-0.05, 0) is 35.3 Å². The molecule has 4 heteroatoms. The predicted molar refractivity (Wildman–Crippen MR) is 77.4 cm³/mol. The van der Waals surface area contributed by atoms with E-state index in [1.54, 1.807) is 0 Å². The summed E-state index contributed by atoms with van der Waals surface area (Å²) in [4.78, 5) is 0. The third-order valence-corrected chi connectivity index (χ3v) is 4.13. The molecule has 0 aliphatic heterocycles. The van der Waals surface area contributed by atoms with Crippen molar-refractivity contribution in [3.05, 3.63) is 51.8 Å². The van der Waals surface area contributed by atoms with E-state index in [9.17, 15) is 0 Å². The van der Waals surface area contributed by atoms with Crippen LogP contribution in [0.5, 0.6) is 0 Å². The van der Waals surface area contributed by atoms with Crippen LogP contribution in [0.25, 0.3) is 0 Å². The molecule has 2 aromatic rings. The minimum Gasteiger partial charge on any atom is -0.324 e. The standard InChI is InChI=1S/C14H18BrN3/c1-3-18-13(14(15)10(2)17-18)9-12(16)11-7-5-4-6-8-11/h4-8,12H,3,9,16H2,1-2H3. The molecule has 0 saturated heterocycles.